The lowest BCUT2D eigenvalue weighted by Crippen LogP contribution is -2.37. The molecule has 0 bridgehead atoms. The van der Waals surface area contributed by atoms with Crippen molar-refractivity contribution in [2.75, 3.05) is 13.1 Å². The minimum atomic E-state index is 0. The topological polar surface area (TPSA) is 36.4 Å². The monoisotopic (exact) mass is 401 g/mol. The van der Waals surface area contributed by atoms with Crippen LogP contribution in [0.2, 0.25) is 0 Å². The molecule has 0 aromatic heterocycles. The number of halogens is 1. The summed E-state index contributed by atoms with van der Waals surface area (Å²) in [6.45, 7) is 9.07. The first-order valence-electron chi connectivity index (χ1n) is 7.77. The van der Waals surface area contributed by atoms with Crippen molar-refractivity contribution in [2.24, 2.45) is 10.9 Å². The number of guanidine groups is 1. The molecule has 0 heterocycles. The quantitative estimate of drug-likeness (QED) is 0.433. The molecule has 2 rings (SSSR count). The second-order valence-electron chi connectivity index (χ2n) is 5.78. The molecule has 1 saturated carbocycles. The maximum atomic E-state index is 4.69. The molecule has 2 N–H and O–H groups in total. The van der Waals surface area contributed by atoms with E-state index in [0.29, 0.717) is 0 Å². The molecule has 1 aliphatic carbocycles. The molecule has 0 amide bonds. The highest BCUT2D eigenvalue weighted by Gasteiger charge is 2.20. The number of nitrogens with zero attached hydrogens (tertiary/aromatic N) is 1. The summed E-state index contributed by atoms with van der Waals surface area (Å²) in [5.41, 5.74) is 3.93. The van der Waals surface area contributed by atoms with Gasteiger partial charge < -0.3 is 10.6 Å². The van der Waals surface area contributed by atoms with E-state index in [9.17, 15) is 0 Å². The summed E-state index contributed by atoms with van der Waals surface area (Å²) < 4.78 is 0. The average molecular weight is 401 g/mol. The van der Waals surface area contributed by atoms with Crippen molar-refractivity contribution in [1.82, 2.24) is 10.6 Å². The van der Waals surface area contributed by atoms with Crippen LogP contribution in [-0.4, -0.2) is 19.0 Å². The van der Waals surface area contributed by atoms with Gasteiger partial charge in [-0.25, -0.2) is 4.99 Å². The summed E-state index contributed by atoms with van der Waals surface area (Å²) in [5, 5.41) is 6.75. The van der Waals surface area contributed by atoms with Gasteiger partial charge in [0.15, 0.2) is 5.96 Å². The minimum Gasteiger partial charge on any atom is -0.357 e. The summed E-state index contributed by atoms with van der Waals surface area (Å²) in [5.74, 6) is 1.90. The van der Waals surface area contributed by atoms with Gasteiger partial charge >= 0.3 is 0 Å². The van der Waals surface area contributed by atoms with Crippen LogP contribution in [-0.2, 0) is 6.54 Å². The van der Waals surface area contributed by atoms with Crippen molar-refractivity contribution < 1.29 is 0 Å². The standard InChI is InChI=1S/C17H27N3.HI/c1-4-18-17(19-10-9-15-6-7-15)20-12-16-8-5-13(2)11-14(16)3;/h5,8,11,15H,4,6-7,9-10,12H2,1-3H3,(H2,18,19,20);1H. The van der Waals surface area contributed by atoms with Gasteiger partial charge in [-0.2, -0.15) is 0 Å². The Labute approximate surface area is 146 Å². The van der Waals surface area contributed by atoms with Crippen LogP contribution >= 0.6 is 24.0 Å². The third-order valence-corrected chi connectivity index (χ3v) is 3.79. The zero-order valence-electron chi connectivity index (χ0n) is 13.4. The van der Waals surface area contributed by atoms with Crippen LogP contribution in [0.3, 0.4) is 0 Å². The molecule has 0 aliphatic heterocycles. The van der Waals surface area contributed by atoms with Gasteiger partial charge in [0.1, 0.15) is 0 Å². The Morgan fingerprint density at radius 2 is 2.00 bits per heavy atom. The largest absolute Gasteiger partial charge is 0.357 e. The lowest BCUT2D eigenvalue weighted by Gasteiger charge is -2.11. The fourth-order valence-electron chi connectivity index (χ4n) is 2.33. The molecule has 0 unspecified atom stereocenters. The van der Waals surface area contributed by atoms with Gasteiger partial charge in [0.05, 0.1) is 6.54 Å². The van der Waals surface area contributed by atoms with Crippen molar-refractivity contribution in [3.05, 3.63) is 34.9 Å². The zero-order chi connectivity index (χ0) is 14.4. The molecule has 21 heavy (non-hydrogen) atoms. The number of benzene rings is 1. The molecule has 4 heteroatoms. The van der Waals surface area contributed by atoms with Gasteiger partial charge in [0.25, 0.3) is 0 Å². The third-order valence-electron chi connectivity index (χ3n) is 3.79. The van der Waals surface area contributed by atoms with Crippen LogP contribution < -0.4 is 10.6 Å². The highest BCUT2D eigenvalue weighted by Crippen LogP contribution is 2.31. The minimum absolute atomic E-state index is 0. The highest BCUT2D eigenvalue weighted by atomic mass is 127. The number of nitrogens with one attached hydrogen (secondary N) is 2. The Bertz CT molecular complexity index is 467. The van der Waals surface area contributed by atoms with Crippen LogP contribution in [0.1, 0.15) is 42.9 Å². The second-order valence-corrected chi connectivity index (χ2v) is 5.78. The summed E-state index contributed by atoms with van der Waals surface area (Å²) in [6.07, 6.45) is 4.10. The van der Waals surface area contributed by atoms with Gasteiger partial charge in [-0.05, 0) is 44.2 Å². The molecule has 0 atom stereocenters. The normalized spacial score (nSPS) is 14.5. The van der Waals surface area contributed by atoms with Crippen LogP contribution in [0, 0.1) is 19.8 Å². The molecule has 118 valence electrons. The van der Waals surface area contributed by atoms with E-state index in [0.717, 1.165) is 31.5 Å². The Hall–Kier alpha value is -0.780. The van der Waals surface area contributed by atoms with Crippen LogP contribution in [0.15, 0.2) is 23.2 Å². The van der Waals surface area contributed by atoms with Gasteiger partial charge in [-0.1, -0.05) is 36.6 Å². The summed E-state index contributed by atoms with van der Waals surface area (Å²) in [4.78, 5) is 4.69. The van der Waals surface area contributed by atoms with Crippen molar-refractivity contribution >= 4 is 29.9 Å². The molecular formula is C17H28IN3. The molecule has 1 aromatic carbocycles. The predicted octanol–water partition coefficient (Wildman–Crippen LogP) is 3.78. The lowest BCUT2D eigenvalue weighted by atomic mass is 10.1. The van der Waals surface area contributed by atoms with Crippen molar-refractivity contribution in [3.63, 3.8) is 0 Å². The first-order chi connectivity index (χ1) is 9.69. The van der Waals surface area contributed by atoms with E-state index in [4.69, 9.17) is 0 Å². The number of aryl methyl sites for hydroxylation is 2. The van der Waals surface area contributed by atoms with E-state index in [2.05, 4.69) is 54.6 Å². The van der Waals surface area contributed by atoms with E-state index in [1.54, 1.807) is 0 Å². The van der Waals surface area contributed by atoms with Crippen molar-refractivity contribution in [1.29, 1.82) is 0 Å². The SMILES string of the molecule is CCNC(=NCc1ccc(C)cc1C)NCCC1CC1.I. The average Bonchev–Trinajstić information content (AvgIpc) is 3.21. The van der Waals surface area contributed by atoms with Crippen LogP contribution in [0.25, 0.3) is 0 Å². The van der Waals surface area contributed by atoms with Gasteiger partial charge in [0, 0.05) is 13.1 Å². The van der Waals surface area contributed by atoms with E-state index in [-0.39, 0.29) is 24.0 Å². The third kappa shape index (κ3) is 6.68. The van der Waals surface area contributed by atoms with E-state index in [1.165, 1.54) is 36.0 Å². The summed E-state index contributed by atoms with van der Waals surface area (Å²) in [6, 6.07) is 6.56. The molecule has 0 spiro atoms. The van der Waals surface area contributed by atoms with E-state index < -0.39 is 0 Å². The summed E-state index contributed by atoms with van der Waals surface area (Å²) in [7, 11) is 0. The molecule has 1 aromatic rings. The first kappa shape index (κ1) is 18.3. The first-order valence-corrected chi connectivity index (χ1v) is 7.77. The van der Waals surface area contributed by atoms with E-state index >= 15 is 0 Å². The fraction of sp³-hybridized carbons (Fsp3) is 0.588. The Morgan fingerprint density at radius 1 is 1.24 bits per heavy atom. The second kappa shape index (κ2) is 9.28. The fourth-order valence-corrected chi connectivity index (χ4v) is 2.33. The van der Waals surface area contributed by atoms with Gasteiger partial charge in [-0.15, -0.1) is 24.0 Å². The van der Waals surface area contributed by atoms with E-state index in [1.807, 2.05) is 0 Å². The Morgan fingerprint density at radius 3 is 2.62 bits per heavy atom. The smallest absolute Gasteiger partial charge is 0.191 e. The van der Waals surface area contributed by atoms with Crippen molar-refractivity contribution in [3.8, 4) is 0 Å². The van der Waals surface area contributed by atoms with Crippen LogP contribution in [0.4, 0.5) is 0 Å². The highest BCUT2D eigenvalue weighted by molar-refractivity contribution is 14.0. The molecule has 0 radical (unpaired) electrons. The summed E-state index contributed by atoms with van der Waals surface area (Å²) >= 11 is 0. The molecular weight excluding hydrogens is 373 g/mol. The maximum Gasteiger partial charge on any atom is 0.191 e. The molecule has 1 aliphatic rings. The van der Waals surface area contributed by atoms with Crippen molar-refractivity contribution in [2.45, 2.75) is 46.6 Å². The molecule has 1 fully saturated rings. The lowest BCUT2D eigenvalue weighted by molar-refractivity contribution is 0.685. The maximum absolute atomic E-state index is 4.69. The number of aliphatic imine (C=N–C) groups is 1. The zero-order valence-corrected chi connectivity index (χ0v) is 15.7. The Kier molecular flexibility index (Phi) is 8.07. The number of rotatable bonds is 6. The Balaban J connectivity index is 0.00000220. The van der Waals surface area contributed by atoms with Gasteiger partial charge in [-0.3, -0.25) is 0 Å². The van der Waals surface area contributed by atoms with Crippen LogP contribution in [0.5, 0.6) is 0 Å². The predicted molar refractivity (Wildman–Crippen MR) is 101 cm³/mol. The molecule has 0 saturated heterocycles. The molecule has 3 nitrogen and oxygen atoms in total. The van der Waals surface area contributed by atoms with Gasteiger partial charge in [0.2, 0.25) is 0 Å². The number of hydrogen-bond donors (Lipinski definition) is 2. The number of hydrogen-bond acceptors (Lipinski definition) is 1.